The number of hydrogen-bond acceptors (Lipinski definition) is 4. The van der Waals surface area contributed by atoms with Crippen LogP contribution in [0.5, 0.6) is 0 Å². The van der Waals surface area contributed by atoms with Crippen LogP contribution in [0.4, 0.5) is 0 Å². The van der Waals surface area contributed by atoms with E-state index in [0.717, 1.165) is 39.6 Å². The second-order valence-electron chi connectivity index (χ2n) is 5.50. The van der Waals surface area contributed by atoms with Crippen LogP contribution in [0.1, 0.15) is 35.2 Å². The van der Waals surface area contributed by atoms with E-state index in [0.29, 0.717) is 0 Å². The van der Waals surface area contributed by atoms with Crippen LogP contribution in [0.25, 0.3) is 10.6 Å². The molecule has 0 atom stereocenters. The van der Waals surface area contributed by atoms with Crippen molar-refractivity contribution in [3.63, 3.8) is 0 Å². The zero-order valence-electron chi connectivity index (χ0n) is 11.2. The van der Waals surface area contributed by atoms with E-state index in [2.05, 4.69) is 15.5 Å². The summed E-state index contributed by atoms with van der Waals surface area (Å²) in [6, 6.07) is 1.98. The molecule has 104 valence electrons. The van der Waals surface area contributed by atoms with Crippen LogP contribution in [0.2, 0.25) is 0 Å². The zero-order chi connectivity index (χ0) is 13.7. The fourth-order valence-electron chi connectivity index (χ4n) is 3.17. The number of amides is 1. The Bertz CT molecular complexity index is 671. The predicted octanol–water partition coefficient (Wildman–Crippen LogP) is 3.07. The average molecular weight is 305 g/mol. The third-order valence-corrected chi connectivity index (χ3v) is 6.70. The van der Waals surface area contributed by atoms with Crippen molar-refractivity contribution >= 4 is 29.0 Å². The van der Waals surface area contributed by atoms with Crippen LogP contribution in [0.15, 0.2) is 16.5 Å². The molecule has 1 amide bonds. The Balaban J connectivity index is 1.89. The van der Waals surface area contributed by atoms with Gasteiger partial charge in [0.25, 0.3) is 5.91 Å². The molecule has 4 rings (SSSR count). The van der Waals surface area contributed by atoms with Crippen molar-refractivity contribution in [3.8, 4) is 10.6 Å². The Morgan fingerprint density at radius 3 is 2.90 bits per heavy atom. The SMILES string of the molecule is CSc1sc(-c2cc[nH]n2)c2c1C(=O)NC1(CCC1)C2. The topological polar surface area (TPSA) is 57.8 Å². The van der Waals surface area contributed by atoms with Crippen molar-refractivity contribution in [2.75, 3.05) is 6.26 Å². The van der Waals surface area contributed by atoms with Crippen LogP contribution >= 0.6 is 23.1 Å². The molecule has 2 N–H and O–H groups in total. The number of thiophene rings is 1. The molecular weight excluding hydrogens is 290 g/mol. The van der Waals surface area contributed by atoms with E-state index >= 15 is 0 Å². The maximum atomic E-state index is 12.5. The summed E-state index contributed by atoms with van der Waals surface area (Å²) in [4.78, 5) is 13.7. The molecular formula is C14H15N3OS2. The monoisotopic (exact) mass is 305 g/mol. The van der Waals surface area contributed by atoms with Gasteiger partial charge in [-0.2, -0.15) is 5.10 Å². The van der Waals surface area contributed by atoms with Crippen LogP contribution in [0, 0.1) is 0 Å². The van der Waals surface area contributed by atoms with Gasteiger partial charge in [0.2, 0.25) is 0 Å². The summed E-state index contributed by atoms with van der Waals surface area (Å²) in [5.74, 6) is 0.105. The summed E-state index contributed by atoms with van der Waals surface area (Å²) < 4.78 is 1.10. The number of nitrogens with zero attached hydrogens (tertiary/aromatic N) is 1. The minimum atomic E-state index is 0.0197. The zero-order valence-corrected chi connectivity index (χ0v) is 12.8. The van der Waals surface area contributed by atoms with Gasteiger partial charge in [0, 0.05) is 11.7 Å². The first kappa shape index (κ1) is 12.5. The molecule has 0 saturated heterocycles. The first-order valence-corrected chi connectivity index (χ1v) is 8.79. The third kappa shape index (κ3) is 1.67. The van der Waals surface area contributed by atoms with E-state index in [4.69, 9.17) is 0 Å². The van der Waals surface area contributed by atoms with Gasteiger partial charge in [0.15, 0.2) is 0 Å². The average Bonchev–Trinajstić information content (AvgIpc) is 3.03. The number of rotatable bonds is 2. The molecule has 2 aromatic heterocycles. The maximum absolute atomic E-state index is 12.5. The highest BCUT2D eigenvalue weighted by molar-refractivity contribution is 8.00. The van der Waals surface area contributed by atoms with Gasteiger partial charge < -0.3 is 5.32 Å². The van der Waals surface area contributed by atoms with Crippen molar-refractivity contribution in [2.45, 2.75) is 35.4 Å². The number of carbonyl (C=O) groups is 1. The smallest absolute Gasteiger partial charge is 0.254 e. The minimum Gasteiger partial charge on any atom is -0.346 e. The van der Waals surface area contributed by atoms with Gasteiger partial charge in [0.1, 0.15) is 5.69 Å². The third-order valence-electron chi connectivity index (χ3n) is 4.33. The van der Waals surface area contributed by atoms with Crippen molar-refractivity contribution < 1.29 is 4.79 Å². The van der Waals surface area contributed by atoms with Crippen molar-refractivity contribution in [2.24, 2.45) is 0 Å². The van der Waals surface area contributed by atoms with Crippen LogP contribution in [0.3, 0.4) is 0 Å². The van der Waals surface area contributed by atoms with Gasteiger partial charge in [0.05, 0.1) is 14.6 Å². The fraction of sp³-hybridized carbons (Fsp3) is 0.429. The Labute approximate surface area is 125 Å². The molecule has 3 heterocycles. The molecule has 0 radical (unpaired) electrons. The lowest BCUT2D eigenvalue weighted by molar-refractivity contribution is 0.0794. The predicted molar refractivity (Wildman–Crippen MR) is 81.4 cm³/mol. The van der Waals surface area contributed by atoms with E-state index in [1.54, 1.807) is 23.1 Å². The van der Waals surface area contributed by atoms with Crippen molar-refractivity contribution in [3.05, 3.63) is 23.4 Å². The summed E-state index contributed by atoms with van der Waals surface area (Å²) in [5, 5.41) is 10.4. The van der Waals surface area contributed by atoms with E-state index in [1.165, 1.54) is 12.0 Å². The van der Waals surface area contributed by atoms with Crippen LogP contribution < -0.4 is 5.32 Å². The minimum absolute atomic E-state index is 0.0197. The Morgan fingerprint density at radius 2 is 2.30 bits per heavy atom. The summed E-state index contributed by atoms with van der Waals surface area (Å²) in [7, 11) is 0. The molecule has 2 aliphatic rings. The molecule has 20 heavy (non-hydrogen) atoms. The lowest BCUT2D eigenvalue weighted by Crippen LogP contribution is -2.57. The van der Waals surface area contributed by atoms with Gasteiger partial charge in [-0.3, -0.25) is 9.89 Å². The quantitative estimate of drug-likeness (QED) is 0.838. The number of nitrogens with one attached hydrogen (secondary N) is 2. The number of fused-ring (bicyclic) bond motifs is 1. The summed E-state index contributed by atoms with van der Waals surface area (Å²) >= 11 is 3.34. The first-order chi connectivity index (χ1) is 9.72. The molecule has 1 aliphatic carbocycles. The maximum Gasteiger partial charge on any atom is 0.254 e. The lowest BCUT2D eigenvalue weighted by Gasteiger charge is -2.45. The number of hydrogen-bond donors (Lipinski definition) is 2. The van der Waals surface area contributed by atoms with Gasteiger partial charge in [-0.1, -0.05) is 0 Å². The van der Waals surface area contributed by atoms with Gasteiger partial charge in [-0.25, -0.2) is 0 Å². The molecule has 1 spiro atoms. The summed E-state index contributed by atoms with van der Waals surface area (Å²) in [6.45, 7) is 0. The second-order valence-corrected chi connectivity index (χ2v) is 7.60. The van der Waals surface area contributed by atoms with Crippen LogP contribution in [-0.4, -0.2) is 27.9 Å². The molecule has 4 nitrogen and oxygen atoms in total. The largest absolute Gasteiger partial charge is 0.346 e. The molecule has 1 fully saturated rings. The summed E-state index contributed by atoms with van der Waals surface area (Å²) in [6.07, 6.45) is 8.23. The Morgan fingerprint density at radius 1 is 1.45 bits per heavy atom. The molecule has 6 heteroatoms. The molecule has 0 bridgehead atoms. The van der Waals surface area contributed by atoms with E-state index in [-0.39, 0.29) is 11.4 Å². The highest BCUT2D eigenvalue weighted by Crippen LogP contribution is 2.47. The number of H-pyrrole nitrogens is 1. The van der Waals surface area contributed by atoms with Crippen LogP contribution in [-0.2, 0) is 6.42 Å². The van der Waals surface area contributed by atoms with E-state index in [1.807, 2.05) is 18.5 Å². The van der Waals surface area contributed by atoms with E-state index in [9.17, 15) is 4.79 Å². The van der Waals surface area contributed by atoms with Crippen molar-refractivity contribution in [1.82, 2.24) is 15.5 Å². The van der Waals surface area contributed by atoms with Gasteiger partial charge in [-0.05, 0) is 43.6 Å². The van der Waals surface area contributed by atoms with E-state index < -0.39 is 0 Å². The van der Waals surface area contributed by atoms with Gasteiger partial charge >= 0.3 is 0 Å². The normalized spacial score (nSPS) is 19.6. The second kappa shape index (κ2) is 4.36. The summed E-state index contributed by atoms with van der Waals surface area (Å²) in [5.41, 5.74) is 3.06. The molecule has 0 unspecified atom stereocenters. The lowest BCUT2D eigenvalue weighted by atomic mass is 9.70. The van der Waals surface area contributed by atoms with Gasteiger partial charge in [-0.15, -0.1) is 23.1 Å². The highest BCUT2D eigenvalue weighted by Gasteiger charge is 2.45. The Hall–Kier alpha value is -1.27. The molecule has 0 aromatic carbocycles. The number of thioether (sulfide) groups is 1. The number of aromatic amines is 1. The first-order valence-electron chi connectivity index (χ1n) is 6.75. The fourth-order valence-corrected chi connectivity index (χ4v) is 5.19. The number of carbonyl (C=O) groups excluding carboxylic acids is 1. The molecule has 2 aromatic rings. The standard InChI is InChI=1S/C14H15N3OS2/c1-19-13-10-8(11(20-13)9-3-6-15-17-9)7-14(4-2-5-14)16-12(10)18/h3,6H,2,4-5,7H2,1H3,(H,15,17)(H,16,18). The van der Waals surface area contributed by atoms with Crippen molar-refractivity contribution in [1.29, 1.82) is 0 Å². The molecule has 1 saturated carbocycles. The Kier molecular flexibility index (Phi) is 2.72. The highest BCUT2D eigenvalue weighted by atomic mass is 32.2. The number of aromatic nitrogens is 2. The molecule has 1 aliphatic heterocycles.